The highest BCUT2D eigenvalue weighted by atomic mass is 32.2. The third-order valence-corrected chi connectivity index (χ3v) is 3.21. The monoisotopic (exact) mass is 229 g/mol. The molecule has 0 aromatic carbocycles. The Morgan fingerprint density at radius 3 is 2.80 bits per heavy atom. The van der Waals surface area contributed by atoms with Crippen molar-refractivity contribution in [2.45, 2.75) is 24.8 Å². The van der Waals surface area contributed by atoms with Gasteiger partial charge in [-0.15, -0.1) is 6.58 Å². The fraction of sp³-hybridized carbons (Fsp3) is 0.444. The van der Waals surface area contributed by atoms with Crippen LogP contribution in [0, 0.1) is 0 Å². The van der Waals surface area contributed by atoms with Crippen LogP contribution in [-0.2, 0) is 10.0 Å². The lowest BCUT2D eigenvalue weighted by Gasteiger charge is -2.03. The maximum absolute atomic E-state index is 11.6. The first-order valence-electron chi connectivity index (χ1n) is 4.62. The van der Waals surface area contributed by atoms with Crippen molar-refractivity contribution in [2.24, 2.45) is 0 Å². The number of hydrogen-bond acceptors (Lipinski definition) is 3. The van der Waals surface area contributed by atoms with Crippen LogP contribution in [0.25, 0.3) is 0 Å². The van der Waals surface area contributed by atoms with Crippen LogP contribution < -0.4 is 4.72 Å². The summed E-state index contributed by atoms with van der Waals surface area (Å²) in [5, 5.41) is 3.96. The van der Waals surface area contributed by atoms with Gasteiger partial charge in [-0.1, -0.05) is 6.08 Å². The standard InChI is InChI=1S/C9H15N3O2S/c1-4-5-11-15(13,14)9-6-10-12(7-9)8(2)3/h4,6-8,11H,1,5H2,2-3H3. The van der Waals surface area contributed by atoms with E-state index in [4.69, 9.17) is 0 Å². The van der Waals surface area contributed by atoms with Crippen molar-refractivity contribution >= 4 is 10.0 Å². The van der Waals surface area contributed by atoms with E-state index in [9.17, 15) is 8.42 Å². The van der Waals surface area contributed by atoms with Crippen LogP contribution in [0.4, 0.5) is 0 Å². The summed E-state index contributed by atoms with van der Waals surface area (Å²) in [5.74, 6) is 0. The van der Waals surface area contributed by atoms with Crippen LogP contribution >= 0.6 is 0 Å². The van der Waals surface area contributed by atoms with Crippen molar-refractivity contribution in [1.29, 1.82) is 0 Å². The van der Waals surface area contributed by atoms with Crippen LogP contribution in [0.3, 0.4) is 0 Å². The van der Waals surface area contributed by atoms with E-state index in [0.717, 1.165) is 0 Å². The summed E-state index contributed by atoms with van der Waals surface area (Å²) in [6.45, 7) is 7.52. The molecule has 0 aliphatic rings. The smallest absolute Gasteiger partial charge is 0.243 e. The minimum Gasteiger partial charge on any atom is -0.269 e. The molecule has 1 heterocycles. The zero-order chi connectivity index (χ0) is 11.5. The van der Waals surface area contributed by atoms with E-state index in [1.54, 1.807) is 4.68 Å². The zero-order valence-electron chi connectivity index (χ0n) is 8.84. The average molecular weight is 229 g/mol. The largest absolute Gasteiger partial charge is 0.269 e. The second-order valence-electron chi connectivity index (χ2n) is 3.39. The Morgan fingerprint density at radius 2 is 2.33 bits per heavy atom. The first-order valence-corrected chi connectivity index (χ1v) is 6.10. The molecule has 0 unspecified atom stereocenters. The molecule has 5 nitrogen and oxygen atoms in total. The number of rotatable bonds is 5. The van der Waals surface area contributed by atoms with Gasteiger partial charge in [0.05, 0.1) is 6.20 Å². The van der Waals surface area contributed by atoms with E-state index >= 15 is 0 Å². The Hall–Kier alpha value is -1.14. The van der Waals surface area contributed by atoms with Gasteiger partial charge in [0.2, 0.25) is 10.0 Å². The van der Waals surface area contributed by atoms with E-state index in [-0.39, 0.29) is 17.5 Å². The summed E-state index contributed by atoms with van der Waals surface area (Å²) in [6, 6.07) is 0.147. The molecule has 0 bridgehead atoms. The van der Waals surface area contributed by atoms with Gasteiger partial charge in [-0.05, 0) is 13.8 Å². The van der Waals surface area contributed by atoms with Crippen LogP contribution in [0.1, 0.15) is 19.9 Å². The SMILES string of the molecule is C=CCNS(=O)(=O)c1cnn(C(C)C)c1. The van der Waals surface area contributed by atoms with Crippen LogP contribution in [0.15, 0.2) is 29.9 Å². The molecule has 0 amide bonds. The number of sulfonamides is 1. The second-order valence-corrected chi connectivity index (χ2v) is 5.16. The average Bonchev–Trinajstić information content (AvgIpc) is 2.64. The molecule has 1 rings (SSSR count). The molecule has 0 spiro atoms. The molecule has 0 saturated carbocycles. The quantitative estimate of drug-likeness (QED) is 0.764. The van der Waals surface area contributed by atoms with E-state index in [2.05, 4.69) is 16.4 Å². The van der Waals surface area contributed by atoms with Crippen LogP contribution in [0.2, 0.25) is 0 Å². The van der Waals surface area contributed by atoms with Gasteiger partial charge in [-0.25, -0.2) is 13.1 Å². The molecule has 1 aromatic heterocycles. The van der Waals surface area contributed by atoms with E-state index in [1.807, 2.05) is 13.8 Å². The lowest BCUT2D eigenvalue weighted by Crippen LogP contribution is -2.23. The van der Waals surface area contributed by atoms with E-state index in [0.29, 0.717) is 0 Å². The van der Waals surface area contributed by atoms with Gasteiger partial charge in [0.15, 0.2) is 0 Å². The molecule has 0 atom stereocenters. The minimum atomic E-state index is -3.44. The highest BCUT2D eigenvalue weighted by Gasteiger charge is 2.15. The molecule has 0 fully saturated rings. The predicted octanol–water partition coefficient (Wildman–Crippen LogP) is 0.928. The van der Waals surface area contributed by atoms with Gasteiger partial charge in [-0.3, -0.25) is 4.68 Å². The highest BCUT2D eigenvalue weighted by molar-refractivity contribution is 7.89. The maximum atomic E-state index is 11.6. The predicted molar refractivity (Wildman–Crippen MR) is 58.0 cm³/mol. The van der Waals surface area contributed by atoms with Gasteiger partial charge in [-0.2, -0.15) is 5.10 Å². The topological polar surface area (TPSA) is 64.0 Å². The van der Waals surface area contributed by atoms with Crippen LogP contribution in [-0.4, -0.2) is 24.7 Å². The molecule has 0 radical (unpaired) electrons. The van der Waals surface area contributed by atoms with Gasteiger partial charge < -0.3 is 0 Å². The molecule has 15 heavy (non-hydrogen) atoms. The first kappa shape index (κ1) is 11.9. The molecule has 0 saturated heterocycles. The van der Waals surface area contributed by atoms with Gasteiger partial charge >= 0.3 is 0 Å². The minimum absolute atomic E-state index is 0.147. The maximum Gasteiger partial charge on any atom is 0.243 e. The Kier molecular flexibility index (Phi) is 3.65. The molecule has 1 N–H and O–H groups in total. The molecular weight excluding hydrogens is 214 g/mol. The first-order chi connectivity index (χ1) is 6.97. The Morgan fingerprint density at radius 1 is 1.67 bits per heavy atom. The third-order valence-electron chi connectivity index (χ3n) is 1.83. The molecule has 0 aliphatic heterocycles. The summed E-state index contributed by atoms with van der Waals surface area (Å²) >= 11 is 0. The number of hydrogen-bond donors (Lipinski definition) is 1. The van der Waals surface area contributed by atoms with Crippen molar-refractivity contribution in [3.8, 4) is 0 Å². The number of nitrogens with one attached hydrogen (secondary N) is 1. The van der Waals surface area contributed by atoms with E-state index < -0.39 is 10.0 Å². The Labute approximate surface area is 89.8 Å². The third kappa shape index (κ3) is 2.90. The number of nitrogens with zero attached hydrogens (tertiary/aromatic N) is 2. The fourth-order valence-electron chi connectivity index (χ4n) is 0.994. The second kappa shape index (κ2) is 4.59. The molecular formula is C9H15N3O2S. The summed E-state index contributed by atoms with van der Waals surface area (Å²) in [6.07, 6.45) is 4.34. The van der Waals surface area contributed by atoms with Gasteiger partial charge in [0, 0.05) is 18.8 Å². The van der Waals surface area contributed by atoms with Crippen molar-refractivity contribution in [3.63, 3.8) is 0 Å². The van der Waals surface area contributed by atoms with Gasteiger partial charge in [0.1, 0.15) is 4.90 Å². The summed E-state index contributed by atoms with van der Waals surface area (Å²) < 4.78 is 27.2. The van der Waals surface area contributed by atoms with Crippen molar-refractivity contribution in [1.82, 2.24) is 14.5 Å². The van der Waals surface area contributed by atoms with Crippen molar-refractivity contribution < 1.29 is 8.42 Å². The lowest BCUT2D eigenvalue weighted by atomic mass is 10.4. The summed E-state index contributed by atoms with van der Waals surface area (Å²) in [7, 11) is -3.44. The van der Waals surface area contributed by atoms with E-state index in [1.165, 1.54) is 18.5 Å². The normalized spacial score (nSPS) is 11.9. The Balaban J connectivity index is 2.90. The Bertz CT molecular complexity index is 434. The number of aromatic nitrogens is 2. The highest BCUT2D eigenvalue weighted by Crippen LogP contribution is 2.10. The van der Waals surface area contributed by atoms with Crippen molar-refractivity contribution in [2.75, 3.05) is 6.54 Å². The van der Waals surface area contributed by atoms with Gasteiger partial charge in [0.25, 0.3) is 0 Å². The fourth-order valence-corrected chi connectivity index (χ4v) is 1.93. The summed E-state index contributed by atoms with van der Waals surface area (Å²) in [4.78, 5) is 0.179. The molecule has 6 heteroatoms. The molecule has 84 valence electrons. The lowest BCUT2D eigenvalue weighted by molar-refractivity contribution is 0.531. The van der Waals surface area contributed by atoms with Crippen molar-refractivity contribution in [3.05, 3.63) is 25.0 Å². The summed E-state index contributed by atoms with van der Waals surface area (Å²) in [5.41, 5.74) is 0. The molecule has 1 aromatic rings. The van der Waals surface area contributed by atoms with Crippen LogP contribution in [0.5, 0.6) is 0 Å². The molecule has 0 aliphatic carbocycles. The zero-order valence-corrected chi connectivity index (χ0v) is 9.66.